The highest BCUT2D eigenvalue weighted by Crippen LogP contribution is 2.43. The molecule has 1 saturated carbocycles. The van der Waals surface area contributed by atoms with Crippen molar-refractivity contribution in [1.82, 2.24) is 0 Å². The summed E-state index contributed by atoms with van der Waals surface area (Å²) in [5.41, 5.74) is 6.87. The quantitative estimate of drug-likeness (QED) is 0.664. The summed E-state index contributed by atoms with van der Waals surface area (Å²) in [4.78, 5) is 12.0. The van der Waals surface area contributed by atoms with Gasteiger partial charge >= 0.3 is 5.97 Å². The third kappa shape index (κ3) is 3.24. The summed E-state index contributed by atoms with van der Waals surface area (Å²) in [5, 5.41) is 0. The molecule has 1 atom stereocenters. The molecule has 4 nitrogen and oxygen atoms in total. The molecule has 3 rings (SSSR count). The molecule has 1 saturated heterocycles. The standard InChI is InChI=1S/C16H20BrNO3/c17-13-4-3-11(9-14(13)18)15(19)20-10-12-5-8-16(21-12)6-1-2-7-16/h3-4,9,12H,1-2,5-8,10,18H2. The topological polar surface area (TPSA) is 61.6 Å². The second-order valence-electron chi connectivity index (χ2n) is 6.00. The fourth-order valence-corrected chi connectivity index (χ4v) is 3.57. The molecule has 1 aromatic carbocycles. The Labute approximate surface area is 133 Å². The first-order chi connectivity index (χ1) is 10.1. The van der Waals surface area contributed by atoms with Gasteiger partial charge in [-0.3, -0.25) is 0 Å². The molecule has 2 aliphatic rings. The number of carbonyl (C=O) groups is 1. The second kappa shape index (κ2) is 5.97. The Morgan fingerprint density at radius 1 is 1.38 bits per heavy atom. The van der Waals surface area contributed by atoms with Gasteiger partial charge in [0, 0.05) is 10.2 Å². The third-order valence-corrected chi connectivity index (χ3v) is 5.21. The molecule has 0 amide bonds. The third-order valence-electron chi connectivity index (χ3n) is 4.49. The molecule has 1 spiro atoms. The van der Waals surface area contributed by atoms with Gasteiger partial charge < -0.3 is 15.2 Å². The fourth-order valence-electron chi connectivity index (χ4n) is 3.32. The Morgan fingerprint density at radius 2 is 2.14 bits per heavy atom. The number of rotatable bonds is 3. The van der Waals surface area contributed by atoms with Crippen LogP contribution in [0, 0.1) is 0 Å². The largest absolute Gasteiger partial charge is 0.459 e. The van der Waals surface area contributed by atoms with Crippen LogP contribution in [0.15, 0.2) is 22.7 Å². The van der Waals surface area contributed by atoms with Gasteiger partial charge in [0.25, 0.3) is 0 Å². The summed E-state index contributed by atoms with van der Waals surface area (Å²) in [6, 6.07) is 5.09. The zero-order chi connectivity index (χ0) is 14.9. The maximum Gasteiger partial charge on any atom is 0.338 e. The van der Waals surface area contributed by atoms with Crippen LogP contribution in [-0.2, 0) is 9.47 Å². The Kier molecular flexibility index (Phi) is 4.22. The van der Waals surface area contributed by atoms with Crippen LogP contribution >= 0.6 is 15.9 Å². The van der Waals surface area contributed by atoms with E-state index in [1.807, 2.05) is 0 Å². The van der Waals surface area contributed by atoms with Crippen molar-refractivity contribution in [2.45, 2.75) is 50.2 Å². The second-order valence-corrected chi connectivity index (χ2v) is 6.86. The lowest BCUT2D eigenvalue weighted by Gasteiger charge is -2.23. The van der Waals surface area contributed by atoms with Crippen LogP contribution in [0.3, 0.4) is 0 Å². The van der Waals surface area contributed by atoms with Crippen LogP contribution < -0.4 is 5.73 Å². The first kappa shape index (κ1) is 14.9. The predicted molar refractivity (Wildman–Crippen MR) is 84.1 cm³/mol. The van der Waals surface area contributed by atoms with Crippen LogP contribution in [0.5, 0.6) is 0 Å². The number of hydrogen-bond acceptors (Lipinski definition) is 4. The van der Waals surface area contributed by atoms with Crippen molar-refractivity contribution in [2.24, 2.45) is 0 Å². The Balaban J connectivity index is 1.53. The molecule has 114 valence electrons. The van der Waals surface area contributed by atoms with Crippen molar-refractivity contribution in [2.75, 3.05) is 12.3 Å². The van der Waals surface area contributed by atoms with E-state index in [1.54, 1.807) is 18.2 Å². The van der Waals surface area contributed by atoms with Gasteiger partial charge in [-0.15, -0.1) is 0 Å². The number of nitrogen functional groups attached to an aromatic ring is 1. The van der Waals surface area contributed by atoms with Crippen molar-refractivity contribution in [3.05, 3.63) is 28.2 Å². The van der Waals surface area contributed by atoms with Crippen LogP contribution in [0.2, 0.25) is 0 Å². The highest BCUT2D eigenvalue weighted by molar-refractivity contribution is 9.10. The average Bonchev–Trinajstić information content (AvgIpc) is 3.10. The molecule has 1 unspecified atom stereocenters. The lowest BCUT2D eigenvalue weighted by atomic mass is 9.98. The van der Waals surface area contributed by atoms with Crippen molar-refractivity contribution < 1.29 is 14.3 Å². The SMILES string of the molecule is Nc1cc(C(=O)OCC2CCC3(CCCC3)O2)ccc1Br. The summed E-state index contributed by atoms with van der Waals surface area (Å²) in [6.07, 6.45) is 6.94. The predicted octanol–water partition coefficient (Wildman–Crippen LogP) is 3.68. The van der Waals surface area contributed by atoms with E-state index in [-0.39, 0.29) is 17.7 Å². The van der Waals surface area contributed by atoms with Gasteiger partial charge in [0.2, 0.25) is 0 Å². The lowest BCUT2D eigenvalue weighted by Crippen LogP contribution is -2.27. The highest BCUT2D eigenvalue weighted by atomic mass is 79.9. The van der Waals surface area contributed by atoms with E-state index in [9.17, 15) is 4.79 Å². The Hall–Kier alpha value is -1.07. The molecule has 1 aromatic rings. The number of esters is 1. The lowest BCUT2D eigenvalue weighted by molar-refractivity contribution is -0.0598. The number of hydrogen-bond donors (Lipinski definition) is 1. The van der Waals surface area contributed by atoms with Gasteiger partial charge in [0.05, 0.1) is 17.3 Å². The molecule has 21 heavy (non-hydrogen) atoms. The number of carbonyl (C=O) groups excluding carboxylic acids is 1. The first-order valence-electron chi connectivity index (χ1n) is 7.48. The maximum atomic E-state index is 12.0. The van der Waals surface area contributed by atoms with E-state index in [1.165, 1.54) is 12.8 Å². The molecule has 1 aliphatic carbocycles. The van der Waals surface area contributed by atoms with E-state index in [0.717, 1.165) is 30.2 Å². The van der Waals surface area contributed by atoms with Crippen LogP contribution in [0.4, 0.5) is 5.69 Å². The number of nitrogens with two attached hydrogens (primary N) is 1. The summed E-state index contributed by atoms with van der Waals surface area (Å²) in [7, 11) is 0. The maximum absolute atomic E-state index is 12.0. The fraction of sp³-hybridized carbons (Fsp3) is 0.562. The van der Waals surface area contributed by atoms with Crippen molar-refractivity contribution >= 4 is 27.6 Å². The van der Waals surface area contributed by atoms with Crippen molar-refractivity contribution in [3.63, 3.8) is 0 Å². The van der Waals surface area contributed by atoms with E-state index < -0.39 is 0 Å². The number of ether oxygens (including phenoxy) is 2. The van der Waals surface area contributed by atoms with E-state index in [4.69, 9.17) is 15.2 Å². The van der Waals surface area contributed by atoms with E-state index in [0.29, 0.717) is 17.9 Å². The molecule has 0 radical (unpaired) electrons. The summed E-state index contributed by atoms with van der Waals surface area (Å²) in [5.74, 6) is -0.342. The number of benzene rings is 1. The number of halogens is 1. The van der Waals surface area contributed by atoms with E-state index >= 15 is 0 Å². The molecular weight excluding hydrogens is 334 g/mol. The average molecular weight is 354 g/mol. The van der Waals surface area contributed by atoms with Crippen LogP contribution in [-0.4, -0.2) is 24.3 Å². The molecular formula is C16H20BrNO3. The molecule has 0 aromatic heterocycles. The Morgan fingerprint density at radius 3 is 2.86 bits per heavy atom. The summed E-state index contributed by atoms with van der Waals surface area (Å²) < 4.78 is 12.3. The van der Waals surface area contributed by atoms with Crippen LogP contribution in [0.25, 0.3) is 0 Å². The zero-order valence-electron chi connectivity index (χ0n) is 11.9. The number of anilines is 1. The molecule has 1 aliphatic heterocycles. The molecule has 0 bridgehead atoms. The van der Waals surface area contributed by atoms with Crippen molar-refractivity contribution in [3.8, 4) is 0 Å². The van der Waals surface area contributed by atoms with Gasteiger partial charge in [-0.25, -0.2) is 4.79 Å². The smallest absolute Gasteiger partial charge is 0.338 e. The highest BCUT2D eigenvalue weighted by Gasteiger charge is 2.42. The van der Waals surface area contributed by atoms with Crippen molar-refractivity contribution in [1.29, 1.82) is 0 Å². The van der Waals surface area contributed by atoms with Gasteiger partial charge in [-0.05, 0) is 59.8 Å². The molecule has 2 fully saturated rings. The first-order valence-corrected chi connectivity index (χ1v) is 8.27. The normalized spacial score (nSPS) is 23.6. The molecule has 1 heterocycles. The Bertz CT molecular complexity index is 540. The molecule has 5 heteroatoms. The zero-order valence-corrected chi connectivity index (χ0v) is 13.5. The van der Waals surface area contributed by atoms with E-state index in [2.05, 4.69) is 15.9 Å². The van der Waals surface area contributed by atoms with Gasteiger partial charge in [-0.1, -0.05) is 12.8 Å². The van der Waals surface area contributed by atoms with Gasteiger partial charge in [0.15, 0.2) is 0 Å². The monoisotopic (exact) mass is 353 g/mol. The minimum Gasteiger partial charge on any atom is -0.459 e. The molecule has 2 N–H and O–H groups in total. The van der Waals surface area contributed by atoms with Gasteiger partial charge in [-0.2, -0.15) is 0 Å². The van der Waals surface area contributed by atoms with Gasteiger partial charge in [0.1, 0.15) is 6.61 Å². The summed E-state index contributed by atoms with van der Waals surface area (Å²) >= 11 is 3.31. The minimum absolute atomic E-state index is 0.0415. The summed E-state index contributed by atoms with van der Waals surface area (Å²) in [6.45, 7) is 0.330. The minimum atomic E-state index is -0.342. The van der Waals surface area contributed by atoms with Crippen LogP contribution in [0.1, 0.15) is 48.9 Å².